The first kappa shape index (κ1) is 19.3. The summed E-state index contributed by atoms with van der Waals surface area (Å²) in [5.74, 6) is -1.05. The van der Waals surface area contributed by atoms with Gasteiger partial charge < -0.3 is 15.4 Å². The van der Waals surface area contributed by atoms with Gasteiger partial charge in [-0.1, -0.05) is 18.2 Å². The lowest BCUT2D eigenvalue weighted by Gasteiger charge is -2.13. The van der Waals surface area contributed by atoms with Crippen molar-refractivity contribution in [3.8, 4) is 0 Å². The minimum atomic E-state index is -4.55. The molecule has 2 aromatic carbocycles. The molecule has 0 spiro atoms. The van der Waals surface area contributed by atoms with Gasteiger partial charge in [0.2, 0.25) is 5.91 Å². The van der Waals surface area contributed by atoms with Gasteiger partial charge in [-0.05, 0) is 30.3 Å². The van der Waals surface area contributed by atoms with Crippen molar-refractivity contribution in [2.45, 2.75) is 12.6 Å². The molecule has 26 heavy (non-hydrogen) atoms. The smallest absolute Gasteiger partial charge is 0.418 e. The molecule has 0 saturated heterocycles. The number of hydrogen-bond acceptors (Lipinski definition) is 4. The zero-order chi connectivity index (χ0) is 19.2. The molecule has 1 amide bonds. The summed E-state index contributed by atoms with van der Waals surface area (Å²) in [7, 11) is 1.27. The molecule has 2 rings (SSSR count). The third kappa shape index (κ3) is 5.23. The number of hydrogen-bond donors (Lipinski definition) is 2. The van der Waals surface area contributed by atoms with Crippen molar-refractivity contribution in [1.29, 1.82) is 0 Å². The molecule has 0 aliphatic carbocycles. The van der Waals surface area contributed by atoms with Gasteiger partial charge in [0.25, 0.3) is 0 Å². The second-order valence-corrected chi connectivity index (χ2v) is 5.34. The van der Waals surface area contributed by atoms with Gasteiger partial charge in [-0.2, -0.15) is 13.2 Å². The van der Waals surface area contributed by atoms with Crippen molar-refractivity contribution in [3.05, 3.63) is 59.7 Å². The summed E-state index contributed by atoms with van der Waals surface area (Å²) < 4.78 is 43.3. The van der Waals surface area contributed by atoms with Crippen LogP contribution in [-0.2, 0) is 15.7 Å². The standard InChI is InChI=1S/C18H17F3N2O3/c1-26-17(25)12-5-4-6-13(11-12)22-10-9-16(24)23-15-8-3-2-7-14(15)18(19,20)21/h2-8,11,22H,9-10H2,1H3,(H,23,24). The van der Waals surface area contributed by atoms with Crippen LogP contribution in [0.15, 0.2) is 48.5 Å². The summed E-state index contributed by atoms with van der Waals surface area (Å²) in [4.78, 5) is 23.4. The van der Waals surface area contributed by atoms with Crippen molar-refractivity contribution in [1.82, 2.24) is 0 Å². The molecule has 5 nitrogen and oxygen atoms in total. The van der Waals surface area contributed by atoms with Crippen LogP contribution in [0.2, 0.25) is 0 Å². The Hall–Kier alpha value is -3.03. The van der Waals surface area contributed by atoms with Gasteiger partial charge in [-0.3, -0.25) is 4.79 Å². The molecule has 0 aromatic heterocycles. The molecule has 0 heterocycles. The van der Waals surface area contributed by atoms with E-state index in [1.165, 1.54) is 25.3 Å². The minimum Gasteiger partial charge on any atom is -0.465 e. The first-order valence-electron chi connectivity index (χ1n) is 7.69. The normalized spacial score (nSPS) is 10.9. The van der Waals surface area contributed by atoms with E-state index in [1.807, 2.05) is 0 Å². The average Bonchev–Trinajstić information content (AvgIpc) is 2.61. The summed E-state index contributed by atoms with van der Waals surface area (Å²) in [5, 5.41) is 5.20. The van der Waals surface area contributed by atoms with Gasteiger partial charge in [-0.15, -0.1) is 0 Å². The van der Waals surface area contributed by atoms with Gasteiger partial charge in [-0.25, -0.2) is 4.79 Å². The van der Waals surface area contributed by atoms with E-state index < -0.39 is 23.6 Å². The highest BCUT2D eigenvalue weighted by Gasteiger charge is 2.33. The first-order chi connectivity index (χ1) is 12.3. The lowest BCUT2D eigenvalue weighted by molar-refractivity contribution is -0.137. The first-order valence-corrected chi connectivity index (χ1v) is 7.69. The van der Waals surface area contributed by atoms with Gasteiger partial charge >= 0.3 is 12.1 Å². The fourth-order valence-corrected chi connectivity index (χ4v) is 2.25. The zero-order valence-electron chi connectivity index (χ0n) is 13.9. The summed E-state index contributed by atoms with van der Waals surface area (Å²) in [6.07, 6.45) is -4.59. The molecule has 138 valence electrons. The van der Waals surface area contributed by atoms with Crippen molar-refractivity contribution in [2.24, 2.45) is 0 Å². The van der Waals surface area contributed by atoms with Crippen LogP contribution in [0.25, 0.3) is 0 Å². The number of methoxy groups -OCH3 is 1. The maximum atomic E-state index is 12.9. The highest BCUT2D eigenvalue weighted by Crippen LogP contribution is 2.34. The molecule has 0 radical (unpaired) electrons. The highest BCUT2D eigenvalue weighted by atomic mass is 19.4. The number of halogens is 3. The van der Waals surface area contributed by atoms with Crippen molar-refractivity contribution < 1.29 is 27.5 Å². The zero-order valence-corrected chi connectivity index (χ0v) is 13.9. The third-order valence-electron chi connectivity index (χ3n) is 3.47. The number of carbonyl (C=O) groups excluding carboxylic acids is 2. The maximum Gasteiger partial charge on any atom is 0.418 e. The maximum absolute atomic E-state index is 12.9. The van der Waals surface area contributed by atoms with Crippen LogP contribution in [0.3, 0.4) is 0 Å². The molecule has 0 bridgehead atoms. The predicted octanol–water partition coefficient (Wildman–Crippen LogP) is 3.93. The molecule has 0 saturated carbocycles. The van der Waals surface area contributed by atoms with E-state index in [-0.39, 0.29) is 18.7 Å². The van der Waals surface area contributed by atoms with Gasteiger partial charge in [0.05, 0.1) is 23.9 Å². The van der Waals surface area contributed by atoms with E-state index in [9.17, 15) is 22.8 Å². The van der Waals surface area contributed by atoms with Crippen LogP contribution in [-0.4, -0.2) is 25.5 Å². The van der Waals surface area contributed by atoms with Crippen LogP contribution < -0.4 is 10.6 Å². The number of anilines is 2. The molecular formula is C18H17F3N2O3. The van der Waals surface area contributed by atoms with Crippen molar-refractivity contribution in [3.63, 3.8) is 0 Å². The van der Waals surface area contributed by atoms with E-state index in [1.54, 1.807) is 24.3 Å². The topological polar surface area (TPSA) is 67.4 Å². The summed E-state index contributed by atoms with van der Waals surface area (Å²) >= 11 is 0. The number of ether oxygens (including phenoxy) is 1. The van der Waals surface area contributed by atoms with Gasteiger partial charge in [0.1, 0.15) is 0 Å². The Morgan fingerprint density at radius 3 is 2.50 bits per heavy atom. The molecule has 2 N–H and O–H groups in total. The molecule has 8 heteroatoms. The fourth-order valence-electron chi connectivity index (χ4n) is 2.25. The molecule has 0 fully saturated rings. The van der Waals surface area contributed by atoms with E-state index >= 15 is 0 Å². The fraction of sp³-hybridized carbons (Fsp3) is 0.222. The summed E-state index contributed by atoms with van der Waals surface area (Å²) in [6, 6.07) is 11.3. The summed E-state index contributed by atoms with van der Waals surface area (Å²) in [6.45, 7) is 0.185. The van der Waals surface area contributed by atoms with Crippen molar-refractivity contribution >= 4 is 23.3 Å². The van der Waals surface area contributed by atoms with Crippen LogP contribution >= 0.6 is 0 Å². The van der Waals surface area contributed by atoms with Crippen LogP contribution in [0.5, 0.6) is 0 Å². The number of alkyl halides is 3. The van der Waals surface area contributed by atoms with Crippen LogP contribution in [0.1, 0.15) is 22.3 Å². The van der Waals surface area contributed by atoms with E-state index in [4.69, 9.17) is 0 Å². The van der Waals surface area contributed by atoms with E-state index in [2.05, 4.69) is 15.4 Å². The Balaban J connectivity index is 1.92. The second-order valence-electron chi connectivity index (χ2n) is 5.34. The Kier molecular flexibility index (Phi) is 6.21. The Bertz CT molecular complexity index is 791. The molecule has 0 unspecified atom stereocenters. The third-order valence-corrected chi connectivity index (χ3v) is 3.47. The Morgan fingerprint density at radius 2 is 1.81 bits per heavy atom. The SMILES string of the molecule is COC(=O)c1cccc(NCCC(=O)Nc2ccccc2C(F)(F)F)c1. The Labute approximate surface area is 148 Å². The summed E-state index contributed by atoms with van der Waals surface area (Å²) in [5.41, 5.74) is -0.234. The number of rotatable bonds is 6. The van der Waals surface area contributed by atoms with Crippen molar-refractivity contribution in [2.75, 3.05) is 24.3 Å². The second kappa shape index (κ2) is 8.37. The predicted molar refractivity (Wildman–Crippen MR) is 91.0 cm³/mol. The minimum absolute atomic E-state index is 0.0470. The lowest BCUT2D eigenvalue weighted by Crippen LogP contribution is -2.19. The number of amides is 1. The van der Waals surface area contributed by atoms with E-state index in [0.717, 1.165) is 6.07 Å². The van der Waals surface area contributed by atoms with Gasteiger partial charge in [0.15, 0.2) is 0 Å². The van der Waals surface area contributed by atoms with Gasteiger partial charge in [0, 0.05) is 18.7 Å². The number of esters is 1. The average molecular weight is 366 g/mol. The van der Waals surface area contributed by atoms with Crippen LogP contribution in [0, 0.1) is 0 Å². The highest BCUT2D eigenvalue weighted by molar-refractivity contribution is 5.92. The quantitative estimate of drug-likeness (QED) is 0.760. The molecule has 0 aliphatic heterocycles. The number of carbonyl (C=O) groups is 2. The molecule has 0 atom stereocenters. The lowest BCUT2D eigenvalue weighted by atomic mass is 10.1. The number of para-hydroxylation sites is 1. The molecule has 0 aliphatic rings. The van der Waals surface area contributed by atoms with E-state index in [0.29, 0.717) is 11.3 Å². The largest absolute Gasteiger partial charge is 0.465 e. The number of benzene rings is 2. The monoisotopic (exact) mass is 366 g/mol. The molecular weight excluding hydrogens is 349 g/mol. The Morgan fingerprint density at radius 1 is 1.08 bits per heavy atom. The molecule has 2 aromatic rings. The van der Waals surface area contributed by atoms with Crippen LogP contribution in [0.4, 0.5) is 24.5 Å². The number of nitrogens with one attached hydrogen (secondary N) is 2.